The number of nitrogens with zero attached hydrogens (tertiary/aromatic N) is 1. The van der Waals surface area contributed by atoms with E-state index in [1.807, 2.05) is 0 Å². The van der Waals surface area contributed by atoms with E-state index in [2.05, 4.69) is 5.32 Å². The predicted molar refractivity (Wildman–Crippen MR) is 67.0 cm³/mol. The number of amides is 2. The molecule has 1 rings (SSSR count). The molecule has 2 amide bonds. The first kappa shape index (κ1) is 13.5. The molecule has 0 bridgehead atoms. The number of hydrogen-bond donors (Lipinski definition) is 1. The molecule has 0 aliphatic heterocycles. The van der Waals surface area contributed by atoms with Crippen LogP contribution < -0.4 is 5.32 Å². The van der Waals surface area contributed by atoms with Gasteiger partial charge in [-0.15, -0.1) is 11.6 Å². The number of carbonyl (C=O) groups is 2. The summed E-state index contributed by atoms with van der Waals surface area (Å²) in [6.07, 6.45) is 0. The van der Waals surface area contributed by atoms with Crippen LogP contribution in [-0.2, 0) is 10.7 Å². The molecule has 17 heavy (non-hydrogen) atoms. The average Bonchev–Trinajstić information content (AvgIpc) is 2.37. The third-order valence-corrected chi connectivity index (χ3v) is 2.67. The second-order valence-corrected chi connectivity index (χ2v) is 3.93. The fourth-order valence-corrected chi connectivity index (χ4v) is 1.50. The molecule has 0 atom stereocenters. The number of carbonyl (C=O) groups excluding carboxylic acids is 2. The van der Waals surface area contributed by atoms with E-state index in [-0.39, 0.29) is 18.4 Å². The van der Waals surface area contributed by atoms with Crippen LogP contribution in [0.1, 0.15) is 15.9 Å². The predicted octanol–water partition coefficient (Wildman–Crippen LogP) is 1.24. The van der Waals surface area contributed by atoms with Crippen LogP contribution >= 0.6 is 11.6 Å². The molecule has 1 aromatic carbocycles. The molecule has 0 unspecified atom stereocenters. The summed E-state index contributed by atoms with van der Waals surface area (Å²) >= 11 is 5.66. The van der Waals surface area contributed by atoms with Gasteiger partial charge in [-0.3, -0.25) is 9.59 Å². The number of halogens is 1. The minimum atomic E-state index is -0.196. The quantitative estimate of drug-likeness (QED) is 0.822. The van der Waals surface area contributed by atoms with Gasteiger partial charge < -0.3 is 10.2 Å². The minimum Gasteiger partial charge on any atom is -0.358 e. The Bertz CT molecular complexity index is 403. The van der Waals surface area contributed by atoms with Crippen LogP contribution in [0.4, 0.5) is 0 Å². The number of nitrogens with one attached hydrogen (secondary N) is 1. The molecule has 0 fully saturated rings. The third-order valence-electron chi connectivity index (χ3n) is 2.36. The maximum atomic E-state index is 11.9. The summed E-state index contributed by atoms with van der Waals surface area (Å²) in [7, 11) is 3.13. The van der Waals surface area contributed by atoms with Crippen LogP contribution in [-0.4, -0.2) is 37.4 Å². The van der Waals surface area contributed by atoms with Crippen LogP contribution in [0.5, 0.6) is 0 Å². The van der Waals surface area contributed by atoms with Gasteiger partial charge in [0.15, 0.2) is 0 Å². The van der Waals surface area contributed by atoms with Gasteiger partial charge in [0.25, 0.3) is 5.91 Å². The van der Waals surface area contributed by atoms with Crippen molar-refractivity contribution in [3.05, 3.63) is 35.4 Å². The molecule has 1 aromatic rings. The highest BCUT2D eigenvalue weighted by Crippen LogP contribution is 2.08. The molecule has 0 radical (unpaired) electrons. The van der Waals surface area contributed by atoms with E-state index >= 15 is 0 Å². The number of alkyl halides is 1. The molecule has 0 aliphatic carbocycles. The largest absolute Gasteiger partial charge is 0.358 e. The van der Waals surface area contributed by atoms with E-state index in [1.54, 1.807) is 31.3 Å². The molecule has 0 saturated carbocycles. The van der Waals surface area contributed by atoms with E-state index in [0.29, 0.717) is 11.4 Å². The monoisotopic (exact) mass is 254 g/mol. The van der Waals surface area contributed by atoms with Gasteiger partial charge in [0, 0.05) is 25.5 Å². The van der Waals surface area contributed by atoms with Crippen LogP contribution in [0.25, 0.3) is 0 Å². The van der Waals surface area contributed by atoms with Gasteiger partial charge in [-0.2, -0.15) is 0 Å². The zero-order chi connectivity index (χ0) is 12.8. The lowest BCUT2D eigenvalue weighted by molar-refractivity contribution is -0.121. The lowest BCUT2D eigenvalue weighted by Gasteiger charge is -2.16. The van der Waals surface area contributed by atoms with Crippen molar-refractivity contribution < 1.29 is 9.59 Å². The average molecular weight is 255 g/mol. The van der Waals surface area contributed by atoms with E-state index in [1.165, 1.54) is 11.9 Å². The standard InChI is InChI=1S/C12H15ClN2O2/c1-14-11(16)8-15(2)12(17)10-5-3-9(7-13)4-6-10/h3-6H,7-8H2,1-2H3,(H,14,16). The summed E-state index contributed by atoms with van der Waals surface area (Å²) in [6.45, 7) is 0.0482. The minimum absolute atomic E-state index is 0.0482. The number of likely N-dealkylation sites (N-methyl/N-ethyl adjacent to an activating group) is 2. The van der Waals surface area contributed by atoms with Crippen molar-refractivity contribution in [2.24, 2.45) is 0 Å². The highest BCUT2D eigenvalue weighted by molar-refractivity contribution is 6.17. The molecule has 0 aliphatic rings. The van der Waals surface area contributed by atoms with Gasteiger partial charge in [-0.25, -0.2) is 0 Å². The van der Waals surface area contributed by atoms with E-state index in [9.17, 15) is 9.59 Å². The summed E-state index contributed by atoms with van der Waals surface area (Å²) in [5.74, 6) is 0.0377. The lowest BCUT2D eigenvalue weighted by atomic mass is 10.1. The number of hydrogen-bond acceptors (Lipinski definition) is 2. The van der Waals surface area contributed by atoms with E-state index in [0.717, 1.165) is 5.56 Å². The fraction of sp³-hybridized carbons (Fsp3) is 0.333. The van der Waals surface area contributed by atoms with Crippen molar-refractivity contribution in [2.45, 2.75) is 5.88 Å². The van der Waals surface area contributed by atoms with Crippen molar-refractivity contribution >= 4 is 23.4 Å². The van der Waals surface area contributed by atoms with Crippen molar-refractivity contribution in [1.82, 2.24) is 10.2 Å². The Morgan fingerprint density at radius 2 is 1.88 bits per heavy atom. The number of rotatable bonds is 4. The Morgan fingerprint density at radius 1 is 1.29 bits per heavy atom. The first-order valence-electron chi connectivity index (χ1n) is 5.19. The highest BCUT2D eigenvalue weighted by Gasteiger charge is 2.13. The molecule has 0 saturated heterocycles. The topological polar surface area (TPSA) is 49.4 Å². The molecule has 0 spiro atoms. The highest BCUT2D eigenvalue weighted by atomic mass is 35.5. The summed E-state index contributed by atoms with van der Waals surface area (Å²) in [5.41, 5.74) is 1.50. The fourth-order valence-electron chi connectivity index (χ4n) is 1.32. The maximum Gasteiger partial charge on any atom is 0.254 e. The molecule has 1 N–H and O–H groups in total. The van der Waals surface area contributed by atoms with Gasteiger partial charge in [0.05, 0.1) is 6.54 Å². The van der Waals surface area contributed by atoms with Gasteiger partial charge in [-0.1, -0.05) is 12.1 Å². The molecule has 4 nitrogen and oxygen atoms in total. The van der Waals surface area contributed by atoms with Crippen molar-refractivity contribution in [3.8, 4) is 0 Å². The van der Waals surface area contributed by atoms with Crippen LogP contribution in [0.15, 0.2) is 24.3 Å². The summed E-state index contributed by atoms with van der Waals surface area (Å²) in [6, 6.07) is 7.02. The van der Waals surface area contributed by atoms with Crippen molar-refractivity contribution in [2.75, 3.05) is 20.6 Å². The molecule has 92 valence electrons. The Balaban J connectivity index is 2.71. The SMILES string of the molecule is CNC(=O)CN(C)C(=O)c1ccc(CCl)cc1. The molecular weight excluding hydrogens is 240 g/mol. The van der Waals surface area contributed by atoms with Crippen LogP contribution in [0.2, 0.25) is 0 Å². The number of benzene rings is 1. The summed E-state index contributed by atoms with van der Waals surface area (Å²) in [4.78, 5) is 24.4. The van der Waals surface area contributed by atoms with Gasteiger partial charge in [0.1, 0.15) is 0 Å². The first-order valence-corrected chi connectivity index (χ1v) is 5.73. The zero-order valence-electron chi connectivity index (χ0n) is 9.87. The normalized spacial score (nSPS) is 9.82. The van der Waals surface area contributed by atoms with Crippen molar-refractivity contribution in [1.29, 1.82) is 0 Å². The third kappa shape index (κ3) is 3.75. The Hall–Kier alpha value is -1.55. The molecule has 0 heterocycles. The summed E-state index contributed by atoms with van der Waals surface area (Å²) < 4.78 is 0. The van der Waals surface area contributed by atoms with Gasteiger partial charge in [0.2, 0.25) is 5.91 Å². The zero-order valence-corrected chi connectivity index (χ0v) is 10.6. The Morgan fingerprint density at radius 3 is 2.35 bits per heavy atom. The second-order valence-electron chi connectivity index (χ2n) is 3.66. The lowest BCUT2D eigenvalue weighted by Crippen LogP contribution is -2.36. The van der Waals surface area contributed by atoms with Crippen LogP contribution in [0.3, 0.4) is 0 Å². The molecular formula is C12H15ClN2O2. The van der Waals surface area contributed by atoms with Gasteiger partial charge >= 0.3 is 0 Å². The first-order chi connectivity index (χ1) is 8.08. The second kappa shape index (κ2) is 6.25. The summed E-state index contributed by atoms with van der Waals surface area (Å²) in [5, 5.41) is 2.47. The van der Waals surface area contributed by atoms with Crippen molar-refractivity contribution in [3.63, 3.8) is 0 Å². The Labute approximate surface area is 106 Å². The Kier molecular flexibility index (Phi) is 4.97. The van der Waals surface area contributed by atoms with Crippen LogP contribution in [0, 0.1) is 0 Å². The van der Waals surface area contributed by atoms with E-state index < -0.39 is 0 Å². The molecule has 0 aromatic heterocycles. The van der Waals surface area contributed by atoms with Gasteiger partial charge in [-0.05, 0) is 17.7 Å². The molecule has 5 heteroatoms. The smallest absolute Gasteiger partial charge is 0.254 e. The van der Waals surface area contributed by atoms with E-state index in [4.69, 9.17) is 11.6 Å². The maximum absolute atomic E-state index is 11.9.